The van der Waals surface area contributed by atoms with Crippen molar-refractivity contribution in [1.29, 1.82) is 0 Å². The maximum atomic E-state index is 6.66. The largest absolute Gasteiger partial charge is 0.388 e. The number of rotatable bonds is 8. The number of halogens is 7. The van der Waals surface area contributed by atoms with E-state index < -0.39 is 0 Å². The molecule has 6 aromatic heterocycles. The minimum Gasteiger partial charge on any atom is -0.388 e. The number of fused-ring (bicyclic) bond motifs is 3. The molecule has 0 aliphatic carbocycles. The summed E-state index contributed by atoms with van der Waals surface area (Å²) in [7, 11) is 0. The Kier molecular flexibility index (Phi) is 12.7. The molecule has 20 heteroatoms. The van der Waals surface area contributed by atoms with E-state index in [-0.39, 0.29) is 17.3 Å². The fourth-order valence-electron chi connectivity index (χ4n) is 7.94. The number of aromatic nitrogens is 12. The summed E-state index contributed by atoms with van der Waals surface area (Å²) in [6.45, 7) is 0. The molecule has 0 aliphatic heterocycles. The highest BCUT2D eigenvalue weighted by atomic mass is 35.5. The smallest absolute Gasteiger partial charge is 0.329 e. The molecule has 12 rings (SSSR count). The third-order valence-corrected chi connectivity index (χ3v) is 13.1. The fraction of sp³-hybridized carbons (Fsp3) is 0. The van der Waals surface area contributed by atoms with Gasteiger partial charge in [0.2, 0.25) is 5.28 Å². The van der Waals surface area contributed by atoms with Crippen LogP contribution >= 0.6 is 81.2 Å². The highest BCUT2D eigenvalue weighted by Crippen LogP contribution is 2.42. The van der Waals surface area contributed by atoms with Crippen molar-refractivity contribution in [3.05, 3.63) is 200 Å². The van der Waals surface area contributed by atoms with E-state index in [2.05, 4.69) is 35.0 Å². The number of hydrogen-bond donors (Lipinski definition) is 0. The summed E-state index contributed by atoms with van der Waals surface area (Å²) >= 11 is 44.3. The van der Waals surface area contributed by atoms with Gasteiger partial charge in [-0.25, -0.2) is 19.9 Å². The van der Waals surface area contributed by atoms with E-state index in [1.807, 2.05) is 109 Å². The molecule has 0 unspecified atom stereocenters. The van der Waals surface area contributed by atoms with E-state index in [4.69, 9.17) is 96.1 Å². The molecular weight excluding hydrogens is 1040 g/mol. The molecule has 71 heavy (non-hydrogen) atoms. The lowest BCUT2D eigenvalue weighted by atomic mass is 10.0. The summed E-state index contributed by atoms with van der Waals surface area (Å²) in [5.74, 6) is 0. The zero-order valence-electron chi connectivity index (χ0n) is 36.0. The van der Waals surface area contributed by atoms with Gasteiger partial charge in [0.25, 0.3) is 0 Å². The molecule has 0 atom stereocenters. The minimum absolute atomic E-state index is 0.0892. The first kappa shape index (κ1) is 46.2. The van der Waals surface area contributed by atoms with Crippen LogP contribution in [-0.4, -0.2) is 58.7 Å². The molecule has 0 bridgehead atoms. The van der Waals surface area contributed by atoms with Crippen LogP contribution in [-0.2, 0) is 0 Å². The van der Waals surface area contributed by atoms with Crippen molar-refractivity contribution in [2.45, 2.75) is 0 Å². The lowest BCUT2D eigenvalue weighted by Crippen LogP contribution is -2.05. The van der Waals surface area contributed by atoms with Crippen LogP contribution in [0.4, 0.5) is 0 Å². The van der Waals surface area contributed by atoms with Gasteiger partial charge in [-0.05, 0) is 82.9 Å². The summed E-state index contributed by atoms with van der Waals surface area (Å²) in [5.41, 5.74) is 10.5. The van der Waals surface area contributed by atoms with Crippen LogP contribution in [0.5, 0.6) is 12.0 Å². The van der Waals surface area contributed by atoms with Crippen molar-refractivity contribution in [2.24, 2.45) is 0 Å². The van der Waals surface area contributed by atoms with Crippen LogP contribution in [0.15, 0.2) is 165 Å². The first-order valence-electron chi connectivity index (χ1n) is 21.2. The lowest BCUT2D eigenvalue weighted by Gasteiger charge is -2.07. The van der Waals surface area contributed by atoms with E-state index in [1.165, 1.54) is 32.5 Å². The Balaban J connectivity index is 0.000000191. The third-order valence-electron chi connectivity index (χ3n) is 11.1. The Bertz CT molecular complexity index is 3790. The molecule has 0 saturated heterocycles. The molecule has 346 valence electrons. The molecule has 0 radical (unpaired) electrons. The SMILES string of the molecule is Clc1ccc(-c2c(-c3ccccc3Cl)nn3c(Cl)ncnc23)cc1.Clc1ccc(-c2c(-c3ccccc3Cl)nn3c(Oc4ncnc5c(-c6ccc(Cl)cc6)c(-c6ccccc6Cl)nn45)ncnc23)cc1. The van der Waals surface area contributed by atoms with Gasteiger partial charge in [-0.2, -0.15) is 38.8 Å². The molecule has 0 aliphatic rings. The zero-order valence-corrected chi connectivity index (χ0v) is 41.3. The maximum Gasteiger partial charge on any atom is 0.329 e. The second kappa shape index (κ2) is 19.5. The molecule has 0 N–H and O–H groups in total. The fourth-order valence-corrected chi connectivity index (χ4v) is 9.15. The third kappa shape index (κ3) is 8.87. The van der Waals surface area contributed by atoms with Gasteiger partial charge in [0.15, 0.2) is 16.9 Å². The molecule has 0 fully saturated rings. The normalized spacial score (nSPS) is 11.3. The first-order chi connectivity index (χ1) is 34.6. The summed E-state index contributed by atoms with van der Waals surface area (Å²) in [6.07, 6.45) is 4.21. The molecule has 0 amide bonds. The van der Waals surface area contributed by atoms with E-state index >= 15 is 0 Å². The van der Waals surface area contributed by atoms with Crippen LogP contribution in [0.2, 0.25) is 35.4 Å². The quantitative estimate of drug-likeness (QED) is 0.144. The Morgan fingerprint density at radius 3 is 0.986 bits per heavy atom. The monoisotopic (exact) mass is 1070 g/mol. The van der Waals surface area contributed by atoms with Crippen molar-refractivity contribution in [1.82, 2.24) is 58.7 Å². The standard InChI is InChI=1S/C34H18Cl4N8O.C17H9Cl3N4/c35-21-13-9-19(10-14-21)27-29(23-5-1-3-7-25(23)37)43-45-31(27)39-17-41-33(45)47-34-42-18-40-32-28(20-11-15-22(36)16-12-20)30(44-46(32)34)24-6-2-4-8-26(24)38;18-11-7-5-10(6-8-11)14-15(12-3-1-2-4-13(12)19)23-24-16(14)21-9-22-17(24)20/h1-18H;1-9H. The molecule has 0 saturated carbocycles. The average Bonchev–Trinajstić information content (AvgIpc) is 4.09. The van der Waals surface area contributed by atoms with Crippen LogP contribution in [0.25, 0.3) is 84.1 Å². The number of hydrogen-bond acceptors (Lipinski definition) is 10. The zero-order chi connectivity index (χ0) is 48.8. The topological polar surface area (TPSA) is 138 Å². The maximum absolute atomic E-state index is 6.66. The predicted octanol–water partition coefficient (Wildman–Crippen LogP) is 15.1. The van der Waals surface area contributed by atoms with Gasteiger partial charge in [-0.1, -0.05) is 161 Å². The van der Waals surface area contributed by atoms with Gasteiger partial charge in [0.1, 0.15) is 36.1 Å². The predicted molar refractivity (Wildman–Crippen MR) is 280 cm³/mol. The van der Waals surface area contributed by atoms with Crippen LogP contribution < -0.4 is 4.74 Å². The molecule has 12 aromatic rings. The molecule has 0 spiro atoms. The van der Waals surface area contributed by atoms with E-state index in [1.54, 1.807) is 36.4 Å². The van der Waals surface area contributed by atoms with Crippen molar-refractivity contribution < 1.29 is 4.74 Å². The summed E-state index contributed by atoms with van der Waals surface area (Å²) in [5, 5.41) is 18.1. The summed E-state index contributed by atoms with van der Waals surface area (Å²) in [4.78, 5) is 26.4. The van der Waals surface area contributed by atoms with Crippen LogP contribution in [0.1, 0.15) is 0 Å². The van der Waals surface area contributed by atoms with Gasteiger partial charge >= 0.3 is 12.0 Å². The van der Waals surface area contributed by atoms with Gasteiger partial charge in [0.05, 0.1) is 31.8 Å². The number of ether oxygens (including phenoxy) is 1. The second-order valence-electron chi connectivity index (χ2n) is 15.4. The number of nitrogens with zero attached hydrogens (tertiary/aromatic N) is 12. The Morgan fingerprint density at radius 1 is 0.324 bits per heavy atom. The summed E-state index contributed by atoms with van der Waals surface area (Å²) < 4.78 is 10.9. The number of benzene rings is 6. The molecule has 6 heterocycles. The van der Waals surface area contributed by atoms with E-state index in [9.17, 15) is 0 Å². The highest BCUT2D eigenvalue weighted by molar-refractivity contribution is 6.35. The highest BCUT2D eigenvalue weighted by Gasteiger charge is 2.26. The van der Waals surface area contributed by atoms with Crippen LogP contribution in [0, 0.1) is 0 Å². The minimum atomic E-state index is 0.0892. The van der Waals surface area contributed by atoms with Crippen LogP contribution in [0.3, 0.4) is 0 Å². The Morgan fingerprint density at radius 2 is 0.634 bits per heavy atom. The first-order valence-corrected chi connectivity index (χ1v) is 23.8. The van der Waals surface area contributed by atoms with Crippen molar-refractivity contribution in [3.63, 3.8) is 0 Å². The Labute approximate surface area is 437 Å². The average molecular weight is 1070 g/mol. The van der Waals surface area contributed by atoms with Gasteiger partial charge < -0.3 is 4.74 Å². The van der Waals surface area contributed by atoms with Crippen molar-refractivity contribution in [2.75, 3.05) is 0 Å². The lowest BCUT2D eigenvalue weighted by molar-refractivity contribution is 0.378. The van der Waals surface area contributed by atoms with Crippen molar-refractivity contribution in [3.8, 4) is 79.2 Å². The van der Waals surface area contributed by atoms with Gasteiger partial charge in [-0.15, -0.1) is 0 Å². The van der Waals surface area contributed by atoms with E-state index in [0.29, 0.717) is 75.3 Å². The van der Waals surface area contributed by atoms with Gasteiger partial charge in [-0.3, -0.25) is 0 Å². The van der Waals surface area contributed by atoms with Gasteiger partial charge in [0, 0.05) is 31.8 Å². The van der Waals surface area contributed by atoms with Crippen molar-refractivity contribution >= 4 is 98.1 Å². The second-order valence-corrected chi connectivity index (χ2v) is 18.3. The Hall–Kier alpha value is -7.20. The van der Waals surface area contributed by atoms with E-state index in [0.717, 1.165) is 38.9 Å². The molecule has 13 nitrogen and oxygen atoms in total. The summed E-state index contributed by atoms with van der Waals surface area (Å²) in [6, 6.07) is 44.9. The molecular formula is C51H27Cl7N12O. The molecule has 6 aromatic carbocycles.